The molecule has 0 radical (unpaired) electrons. The van der Waals surface area contributed by atoms with Gasteiger partial charge in [-0.3, -0.25) is 9.59 Å². The van der Waals surface area contributed by atoms with Gasteiger partial charge >= 0.3 is 6.18 Å². The van der Waals surface area contributed by atoms with Crippen LogP contribution >= 0.6 is 0 Å². The van der Waals surface area contributed by atoms with E-state index in [-0.39, 0.29) is 6.54 Å². The number of carbonyl (C=O) groups is 2. The molecule has 0 aliphatic rings. The van der Waals surface area contributed by atoms with Gasteiger partial charge < -0.3 is 15.4 Å². The summed E-state index contributed by atoms with van der Waals surface area (Å²) in [4.78, 5) is 23.8. The molecule has 0 aliphatic carbocycles. The highest BCUT2D eigenvalue weighted by atomic mass is 19.4. The third kappa shape index (κ3) is 6.15. The van der Waals surface area contributed by atoms with Crippen LogP contribution in [-0.2, 0) is 15.8 Å². The summed E-state index contributed by atoms with van der Waals surface area (Å²) >= 11 is 0. The first-order chi connectivity index (χ1) is 13.2. The molecule has 148 valence electrons. The van der Waals surface area contributed by atoms with Crippen LogP contribution in [0.5, 0.6) is 5.75 Å². The van der Waals surface area contributed by atoms with Crippen LogP contribution in [0.15, 0.2) is 48.5 Å². The Morgan fingerprint density at radius 3 is 2.39 bits per heavy atom. The second kappa shape index (κ2) is 9.07. The predicted octanol–water partition coefficient (Wildman–Crippen LogP) is 3.79. The molecular weight excluding hydrogens is 373 g/mol. The first-order valence-electron chi connectivity index (χ1n) is 8.26. The minimum absolute atomic E-state index is 0.271. The molecule has 0 aromatic heterocycles. The molecule has 0 fully saturated rings. The molecule has 8 heteroatoms. The van der Waals surface area contributed by atoms with Crippen molar-refractivity contribution < 1.29 is 27.5 Å². The number of hydrogen-bond donors (Lipinski definition) is 2. The van der Waals surface area contributed by atoms with E-state index in [0.717, 1.165) is 23.8 Å². The molecule has 2 aromatic rings. The lowest BCUT2D eigenvalue weighted by Gasteiger charge is -2.11. The van der Waals surface area contributed by atoms with E-state index >= 15 is 0 Å². The molecule has 0 aliphatic heterocycles. The molecular formula is C20H19F3N2O3. The third-order valence-electron chi connectivity index (χ3n) is 3.72. The van der Waals surface area contributed by atoms with Gasteiger partial charge in [-0.2, -0.15) is 13.2 Å². The van der Waals surface area contributed by atoms with Crippen molar-refractivity contribution in [3.8, 4) is 5.75 Å². The molecule has 0 saturated heterocycles. The minimum Gasteiger partial charge on any atom is -0.495 e. The molecule has 0 heterocycles. The molecule has 0 saturated carbocycles. The minimum atomic E-state index is -4.41. The van der Waals surface area contributed by atoms with Gasteiger partial charge in [0, 0.05) is 6.08 Å². The monoisotopic (exact) mass is 392 g/mol. The van der Waals surface area contributed by atoms with Gasteiger partial charge in [-0.1, -0.05) is 18.2 Å². The second-order valence-electron chi connectivity index (χ2n) is 5.92. The maximum absolute atomic E-state index is 12.5. The van der Waals surface area contributed by atoms with Gasteiger partial charge in [0.15, 0.2) is 0 Å². The number of rotatable bonds is 6. The molecule has 2 amide bonds. The van der Waals surface area contributed by atoms with Gasteiger partial charge in [-0.05, 0) is 48.4 Å². The molecule has 5 nitrogen and oxygen atoms in total. The summed E-state index contributed by atoms with van der Waals surface area (Å²) in [5, 5.41) is 5.04. The highest BCUT2D eigenvalue weighted by Crippen LogP contribution is 2.29. The van der Waals surface area contributed by atoms with Crippen molar-refractivity contribution >= 4 is 23.6 Å². The fraction of sp³-hybridized carbons (Fsp3) is 0.200. The van der Waals surface area contributed by atoms with E-state index in [9.17, 15) is 22.8 Å². The Labute approximate surface area is 160 Å². The molecule has 0 bridgehead atoms. The molecule has 2 aromatic carbocycles. The number of methoxy groups -OCH3 is 1. The lowest BCUT2D eigenvalue weighted by molar-refractivity contribution is -0.137. The number of nitrogens with one attached hydrogen (secondary N) is 2. The van der Waals surface area contributed by atoms with Crippen molar-refractivity contribution in [2.45, 2.75) is 13.1 Å². The van der Waals surface area contributed by atoms with E-state index in [2.05, 4.69) is 10.6 Å². The highest BCUT2D eigenvalue weighted by molar-refractivity contribution is 5.98. The first-order valence-corrected chi connectivity index (χ1v) is 8.26. The Balaban J connectivity index is 1.87. The molecule has 28 heavy (non-hydrogen) atoms. The first kappa shape index (κ1) is 21.0. The summed E-state index contributed by atoms with van der Waals surface area (Å²) in [7, 11) is 1.48. The van der Waals surface area contributed by atoms with Gasteiger partial charge in [0.05, 0.1) is 24.9 Å². The maximum atomic E-state index is 12.5. The molecule has 0 spiro atoms. The Hall–Kier alpha value is -3.29. The smallest absolute Gasteiger partial charge is 0.416 e. The number of halogens is 3. The Morgan fingerprint density at radius 1 is 1.11 bits per heavy atom. The number of benzene rings is 2. The average Bonchev–Trinajstić information content (AvgIpc) is 2.64. The van der Waals surface area contributed by atoms with Crippen molar-refractivity contribution in [1.82, 2.24) is 5.32 Å². The van der Waals surface area contributed by atoms with E-state index in [4.69, 9.17) is 4.74 Å². The largest absolute Gasteiger partial charge is 0.495 e. The summed E-state index contributed by atoms with van der Waals surface area (Å²) in [6.07, 6.45) is -1.91. The lowest BCUT2D eigenvalue weighted by Crippen LogP contribution is -2.31. The molecule has 0 unspecified atom stereocenters. The zero-order chi connectivity index (χ0) is 20.7. The van der Waals surface area contributed by atoms with Gasteiger partial charge in [0.1, 0.15) is 5.75 Å². The van der Waals surface area contributed by atoms with Crippen LogP contribution in [0.4, 0.5) is 18.9 Å². The van der Waals surface area contributed by atoms with Crippen molar-refractivity contribution in [2.24, 2.45) is 0 Å². The maximum Gasteiger partial charge on any atom is 0.416 e. The number of ether oxygens (including phenoxy) is 1. The number of carbonyl (C=O) groups excluding carboxylic acids is 2. The van der Waals surface area contributed by atoms with Crippen molar-refractivity contribution in [1.29, 1.82) is 0 Å². The zero-order valence-electron chi connectivity index (χ0n) is 15.3. The Morgan fingerprint density at radius 2 is 1.79 bits per heavy atom. The fourth-order valence-electron chi connectivity index (χ4n) is 2.30. The number of amides is 2. The third-order valence-corrected chi connectivity index (χ3v) is 3.72. The highest BCUT2D eigenvalue weighted by Gasteiger charge is 2.29. The van der Waals surface area contributed by atoms with E-state index in [0.29, 0.717) is 17.0 Å². The fourth-order valence-corrected chi connectivity index (χ4v) is 2.30. The summed E-state index contributed by atoms with van der Waals surface area (Å²) < 4.78 is 42.7. The quantitative estimate of drug-likeness (QED) is 0.735. The van der Waals surface area contributed by atoms with Crippen molar-refractivity contribution in [3.63, 3.8) is 0 Å². The Bertz CT molecular complexity index is 875. The SMILES string of the molecule is COc1ccc(C)cc1NC(=O)CNC(=O)/C=C/c1ccc(C(F)(F)F)cc1. The van der Waals surface area contributed by atoms with Crippen LogP contribution in [-0.4, -0.2) is 25.5 Å². The second-order valence-corrected chi connectivity index (χ2v) is 5.92. The number of anilines is 1. The standard InChI is InChI=1S/C20H19F3N2O3/c1-13-3-9-17(28-2)16(11-13)25-19(27)12-24-18(26)10-6-14-4-7-15(8-5-14)20(21,22)23/h3-11H,12H2,1-2H3,(H,24,26)(H,25,27)/b10-6+. The van der Waals surface area contributed by atoms with Crippen LogP contribution in [0.1, 0.15) is 16.7 Å². The zero-order valence-corrected chi connectivity index (χ0v) is 15.3. The van der Waals surface area contributed by atoms with Crippen LogP contribution in [0, 0.1) is 6.92 Å². The van der Waals surface area contributed by atoms with Gasteiger partial charge in [0.25, 0.3) is 0 Å². The summed E-state index contributed by atoms with van der Waals surface area (Å²) in [6.45, 7) is 1.59. The van der Waals surface area contributed by atoms with E-state index < -0.39 is 23.6 Å². The average molecular weight is 392 g/mol. The van der Waals surface area contributed by atoms with Crippen molar-refractivity contribution in [2.75, 3.05) is 19.0 Å². The topological polar surface area (TPSA) is 67.4 Å². The van der Waals surface area contributed by atoms with Crippen LogP contribution in [0.25, 0.3) is 6.08 Å². The van der Waals surface area contributed by atoms with Crippen LogP contribution in [0.3, 0.4) is 0 Å². The van der Waals surface area contributed by atoms with Gasteiger partial charge in [-0.15, -0.1) is 0 Å². The summed E-state index contributed by atoms with van der Waals surface area (Å²) in [5.41, 5.74) is 1.08. The predicted molar refractivity (Wildman–Crippen MR) is 99.8 cm³/mol. The normalized spacial score (nSPS) is 11.3. The van der Waals surface area contributed by atoms with Crippen LogP contribution in [0.2, 0.25) is 0 Å². The Kier molecular flexibility index (Phi) is 6.81. The van der Waals surface area contributed by atoms with Gasteiger partial charge in [0.2, 0.25) is 11.8 Å². The number of hydrogen-bond acceptors (Lipinski definition) is 3. The molecule has 2 N–H and O–H groups in total. The van der Waals surface area contributed by atoms with Crippen molar-refractivity contribution in [3.05, 3.63) is 65.2 Å². The van der Waals surface area contributed by atoms with E-state index in [1.807, 2.05) is 13.0 Å². The van der Waals surface area contributed by atoms with E-state index in [1.165, 1.54) is 25.3 Å². The molecule has 0 atom stereocenters. The summed E-state index contributed by atoms with van der Waals surface area (Å²) in [5.74, 6) is -0.501. The number of aryl methyl sites for hydroxylation is 1. The number of alkyl halides is 3. The molecule has 2 rings (SSSR count). The van der Waals surface area contributed by atoms with E-state index in [1.54, 1.807) is 12.1 Å². The van der Waals surface area contributed by atoms with Crippen LogP contribution < -0.4 is 15.4 Å². The summed E-state index contributed by atoms with van der Waals surface area (Å²) in [6, 6.07) is 9.66. The van der Waals surface area contributed by atoms with Gasteiger partial charge in [-0.25, -0.2) is 0 Å². The lowest BCUT2D eigenvalue weighted by atomic mass is 10.1.